The van der Waals surface area contributed by atoms with Gasteiger partial charge in [-0.3, -0.25) is 72.4 Å². The maximum absolute atomic E-state index is 12.6. The molecule has 778 valence electrons. The summed E-state index contributed by atoms with van der Waals surface area (Å²) in [5.41, 5.74) is 23.4. The summed E-state index contributed by atoms with van der Waals surface area (Å²) in [6.45, 7) is -1.73. The summed E-state index contributed by atoms with van der Waals surface area (Å²) in [6, 6.07) is 10.4. The van der Waals surface area contributed by atoms with Crippen LogP contribution in [-0.4, -0.2) is 471 Å². The topological polar surface area (TPSA) is 869 Å². The van der Waals surface area contributed by atoms with Gasteiger partial charge in [-0.25, -0.2) is 47.9 Å². The molecule has 0 aromatic carbocycles. The van der Waals surface area contributed by atoms with Gasteiger partial charge in [-0.15, -0.1) is 58.8 Å². The van der Waals surface area contributed by atoms with Gasteiger partial charge in [-0.1, -0.05) is 25.8 Å². The Kier molecular flexibility index (Phi) is 46.3. The zero-order chi connectivity index (χ0) is 106. The molecule has 0 unspecified atom stereocenters. The second-order valence-electron chi connectivity index (χ2n) is 29.1. The van der Waals surface area contributed by atoms with Crippen LogP contribution in [0.1, 0.15) is 28.8 Å². The third kappa shape index (κ3) is 28.8. The zero-order valence-electron chi connectivity index (χ0n) is 74.9. The molecule has 10 aliphatic rings. The van der Waals surface area contributed by atoms with Crippen LogP contribution in [-0.2, 0) is 120 Å². The van der Waals surface area contributed by atoms with Gasteiger partial charge >= 0.3 is 179 Å². The first-order chi connectivity index (χ1) is 69.2. The fraction of sp³-hybridized carbons (Fsp3) is 0.312. The number of hydrogen-bond acceptors (Lipinski definition) is 45. The molecular weight excluding hydrogens is 2130 g/mol. The average molecular weight is 2220 g/mol. The van der Waals surface area contributed by atoms with E-state index in [1.54, 1.807) is 30.3 Å². The third-order valence-corrected chi connectivity index (χ3v) is 27.1. The Bertz CT molecular complexity index is 5440. The Morgan fingerprint density at radius 1 is 0.295 bits per heavy atom. The number of nitrogens with zero attached hydrogens (tertiary/aromatic N) is 10. The molecule has 15 amide bonds. The van der Waals surface area contributed by atoms with Crippen molar-refractivity contribution < 1.29 is 191 Å². The van der Waals surface area contributed by atoms with Crippen molar-refractivity contribution in [1.29, 1.82) is 0 Å². The monoisotopic (exact) mass is 2220 g/mol. The molecule has 0 saturated carbocycles. The molecule has 15 rings (SSSR count). The molecule has 0 aliphatic carbocycles. The molecular formula is C80H84N20Na4O40S5. The molecule has 20 N–H and O–H groups in total. The predicted molar refractivity (Wildman–Crippen MR) is 516 cm³/mol. The molecule has 0 radical (unpaired) electrons. The van der Waals surface area contributed by atoms with Crippen LogP contribution >= 0.6 is 58.8 Å². The van der Waals surface area contributed by atoms with Crippen molar-refractivity contribution in [1.82, 2.24) is 51.1 Å². The maximum atomic E-state index is 12.6. The third-order valence-electron chi connectivity index (χ3n) is 20.4. The van der Waals surface area contributed by atoms with E-state index in [0.29, 0.717) is 0 Å². The standard InChI is InChI=1S/5C16H16N4O8S.4Na.4H/c5*1-26-19-9(8-3-2-4-27-8)12(21)18-10-13(22)20-11(15(23)24)7(5-28-16(17)25)6-29-14(10)20;;;;;;;;/h5*2-4,10,14H,5-6H2,1H3,(H2,17,25)(H,18,21)(H,23,24);;;;;;;;/b5*19-9-;;;;;;;;/t5*10-,14+;;;;;;;;/m11111......../s1. The predicted octanol–water partition coefficient (Wildman–Crippen LogP) is -5.27. The molecule has 60 nitrogen and oxygen atoms in total. The van der Waals surface area contributed by atoms with Crippen molar-refractivity contribution >= 4 is 325 Å². The number of aliphatic carboxylic acids is 5. The zero-order valence-corrected chi connectivity index (χ0v) is 79.0. The van der Waals surface area contributed by atoms with Crippen LogP contribution in [0.5, 0.6) is 0 Å². The summed E-state index contributed by atoms with van der Waals surface area (Å²) in [7, 11) is 6.27. The van der Waals surface area contributed by atoms with E-state index >= 15 is 0 Å². The van der Waals surface area contributed by atoms with E-state index in [2.05, 4.69) is 100 Å². The average Bonchev–Trinajstić information content (AvgIpc) is 1.42. The first kappa shape index (κ1) is 123. The number of carboxylic acids is 5. The number of rotatable bonds is 35. The molecule has 0 bridgehead atoms. The van der Waals surface area contributed by atoms with Crippen LogP contribution in [0, 0.1) is 0 Å². The van der Waals surface area contributed by atoms with E-state index in [-0.39, 0.29) is 294 Å². The second kappa shape index (κ2) is 56.3. The normalized spacial score (nSPS) is 20.6. The fourth-order valence-corrected chi connectivity index (χ4v) is 21.0. The minimum atomic E-state index is -1.35. The number of primary amides is 5. The fourth-order valence-electron chi connectivity index (χ4n) is 14.3. The molecule has 10 atom stereocenters. The van der Waals surface area contributed by atoms with Gasteiger partial charge in [0.25, 0.3) is 59.1 Å². The summed E-state index contributed by atoms with van der Waals surface area (Å²) in [5.74, 6) is -11.9. The Hall–Kier alpha value is -13.4. The number of thioether (sulfide) groups is 5. The first-order valence-corrected chi connectivity index (χ1v) is 45.9. The Morgan fingerprint density at radius 2 is 0.443 bits per heavy atom. The molecule has 5 aromatic rings. The van der Waals surface area contributed by atoms with Crippen molar-refractivity contribution in [2.24, 2.45) is 54.4 Å². The molecule has 69 heteroatoms. The number of carbonyl (C=O) groups is 20. The summed E-state index contributed by atoms with van der Waals surface area (Å²) < 4.78 is 48.9. The van der Waals surface area contributed by atoms with E-state index < -0.39 is 176 Å². The Labute approximate surface area is 944 Å². The van der Waals surface area contributed by atoms with Crippen molar-refractivity contribution in [2.45, 2.75) is 57.1 Å². The van der Waals surface area contributed by atoms with Crippen LogP contribution in [0.3, 0.4) is 0 Å². The summed E-state index contributed by atoms with van der Waals surface area (Å²) >= 11 is 6.06. The van der Waals surface area contributed by atoms with Crippen LogP contribution in [0.15, 0.2) is 196 Å². The summed E-state index contributed by atoms with van der Waals surface area (Å²) in [4.78, 5) is 266. The van der Waals surface area contributed by atoms with Crippen LogP contribution in [0.25, 0.3) is 0 Å². The molecule has 5 fully saturated rings. The molecule has 149 heavy (non-hydrogen) atoms. The molecule has 10 aliphatic heterocycles. The molecule has 5 saturated heterocycles. The Balaban J connectivity index is 0.000000250. The number of carboxylic acid groups (broad SMARTS) is 5. The minimum absolute atomic E-state index is 0. The van der Waals surface area contributed by atoms with Crippen molar-refractivity contribution in [3.8, 4) is 0 Å². The summed E-state index contributed by atoms with van der Waals surface area (Å²) in [6.07, 6.45) is 1.45. The number of hydrogen-bond donors (Lipinski definition) is 15. The van der Waals surface area contributed by atoms with Gasteiger partial charge in [0.2, 0.25) is 28.6 Å². The number of nitrogens with one attached hydrogen (secondary N) is 5. The summed E-state index contributed by atoms with van der Waals surface area (Å²) in [5, 5.41) is 75.0. The number of amides is 15. The van der Waals surface area contributed by atoms with Crippen LogP contribution in [0.4, 0.5) is 24.0 Å². The van der Waals surface area contributed by atoms with Gasteiger partial charge in [0.05, 0.1) is 31.3 Å². The van der Waals surface area contributed by atoms with Gasteiger partial charge in [0, 0.05) is 56.6 Å². The van der Waals surface area contributed by atoms with Gasteiger partial charge in [-0.05, 0) is 60.7 Å². The number of carbonyl (C=O) groups excluding carboxylic acids is 15. The second-order valence-corrected chi connectivity index (χ2v) is 34.7. The van der Waals surface area contributed by atoms with E-state index in [9.17, 15) is 121 Å². The van der Waals surface area contributed by atoms with Gasteiger partial charge in [-0.2, -0.15) is 0 Å². The molecule has 5 aromatic heterocycles. The first-order valence-electron chi connectivity index (χ1n) is 40.6. The van der Waals surface area contributed by atoms with Gasteiger partial charge in [0.1, 0.15) is 154 Å². The number of nitrogens with two attached hydrogens (primary N) is 5. The van der Waals surface area contributed by atoms with E-state index in [1.165, 1.54) is 156 Å². The Morgan fingerprint density at radius 3 is 0.557 bits per heavy atom. The number of ether oxygens (including phenoxy) is 5. The van der Waals surface area contributed by atoms with Crippen molar-refractivity contribution in [2.75, 3.05) is 97.3 Å². The van der Waals surface area contributed by atoms with E-state index in [0.717, 1.165) is 24.5 Å². The van der Waals surface area contributed by atoms with Gasteiger partial charge < -0.3 is 151 Å². The van der Waals surface area contributed by atoms with E-state index in [1.807, 2.05) is 0 Å². The number of furan rings is 5. The van der Waals surface area contributed by atoms with E-state index in [4.69, 9.17) is 50.8 Å². The molecule has 15 heterocycles. The van der Waals surface area contributed by atoms with Crippen molar-refractivity contribution in [3.05, 3.63) is 177 Å². The SMILES string of the molecule is CO/N=C(\C(=O)N[C@@H]1C(=O)N2C(C(=O)O)=C(COC(N)=O)CS[C@@H]12)c1ccco1.CO/N=C(\C(=O)N[C@@H]1C(=O)N2C(C(=O)O)=C(COC(N)=O)CS[C@@H]12)c1ccco1.CO/N=C(\C(=O)N[C@@H]1C(=O)N2C(C(=O)O)=C(COC(N)=O)CS[C@@H]12)c1ccco1.CO/N=C(\C(=O)N[C@@H]1C(=O)N2C(C(=O)O)=C(COC(N)=O)CS[C@@H]12)c1ccco1.CO/N=C(\C(=O)N[C@@H]1C(=O)N2C(C(=O)O)=C(COC(N)=O)CS[C@@H]12)c1ccco1.[NaH].[NaH].[NaH].[NaH]. The van der Waals surface area contributed by atoms with Crippen LogP contribution in [0.2, 0.25) is 0 Å². The number of fused-ring (bicyclic) bond motifs is 5. The van der Waals surface area contributed by atoms with Gasteiger partial charge in [0.15, 0.2) is 28.8 Å². The van der Waals surface area contributed by atoms with Crippen LogP contribution < -0.4 is 55.3 Å². The van der Waals surface area contributed by atoms with Crippen molar-refractivity contribution in [3.63, 3.8) is 0 Å². The number of oxime groups is 5. The number of β-lactam (4-membered cyclic amide) rings is 5. The molecule has 0 spiro atoms. The quantitative estimate of drug-likeness (QED) is 0.00592.